The lowest BCUT2D eigenvalue weighted by molar-refractivity contribution is 0.423. The van der Waals surface area contributed by atoms with Gasteiger partial charge in [0.15, 0.2) is 0 Å². The van der Waals surface area contributed by atoms with Crippen molar-refractivity contribution >= 4 is 46.8 Å². The SMILES string of the molecule is OB(O)c1ccc(I)c(Cl)c1F. The maximum absolute atomic E-state index is 13.1. The Morgan fingerprint density at radius 2 is 2.00 bits per heavy atom. The monoisotopic (exact) mass is 300 g/mol. The molecule has 0 saturated carbocycles. The standard InChI is InChI=1S/C6H4BClFIO2/c8-5-4(10)2-1-3(6(5)9)7(11)12/h1-2,11-12H. The molecule has 0 unspecified atom stereocenters. The van der Waals surface area contributed by atoms with Crippen LogP contribution in [0.1, 0.15) is 0 Å². The molecule has 1 aromatic carbocycles. The predicted molar refractivity (Wildman–Crippen MR) is 54.0 cm³/mol. The molecule has 0 aliphatic rings. The minimum Gasteiger partial charge on any atom is -0.423 e. The van der Waals surface area contributed by atoms with Crippen LogP contribution in [0.4, 0.5) is 4.39 Å². The van der Waals surface area contributed by atoms with Crippen LogP contribution in [0.25, 0.3) is 0 Å². The van der Waals surface area contributed by atoms with Gasteiger partial charge in [-0.3, -0.25) is 0 Å². The Hall–Kier alpha value is 0.155. The minimum atomic E-state index is -1.82. The van der Waals surface area contributed by atoms with Crippen molar-refractivity contribution < 1.29 is 14.4 Å². The van der Waals surface area contributed by atoms with E-state index in [2.05, 4.69) is 0 Å². The minimum absolute atomic E-state index is 0.0822. The van der Waals surface area contributed by atoms with Gasteiger partial charge < -0.3 is 10.0 Å². The Morgan fingerprint density at radius 1 is 1.42 bits per heavy atom. The van der Waals surface area contributed by atoms with Crippen LogP contribution in [-0.2, 0) is 0 Å². The van der Waals surface area contributed by atoms with Gasteiger partial charge in [0, 0.05) is 9.03 Å². The molecule has 1 rings (SSSR count). The molecule has 64 valence electrons. The summed E-state index contributed by atoms with van der Waals surface area (Å²) >= 11 is 7.38. The third kappa shape index (κ3) is 1.90. The fourth-order valence-corrected chi connectivity index (χ4v) is 1.33. The number of halogens is 3. The molecule has 0 amide bonds. The van der Waals surface area contributed by atoms with Crippen LogP contribution in [0, 0.1) is 9.39 Å². The number of benzene rings is 1. The van der Waals surface area contributed by atoms with E-state index in [0.29, 0.717) is 3.57 Å². The topological polar surface area (TPSA) is 40.5 Å². The van der Waals surface area contributed by atoms with Crippen molar-refractivity contribution in [3.8, 4) is 0 Å². The molecule has 0 aromatic heterocycles. The average molecular weight is 300 g/mol. The van der Waals surface area contributed by atoms with E-state index in [4.69, 9.17) is 21.6 Å². The maximum atomic E-state index is 13.1. The van der Waals surface area contributed by atoms with E-state index >= 15 is 0 Å². The van der Waals surface area contributed by atoms with Crippen LogP contribution in [0.2, 0.25) is 5.02 Å². The lowest BCUT2D eigenvalue weighted by atomic mass is 9.80. The van der Waals surface area contributed by atoms with Crippen LogP contribution >= 0.6 is 34.2 Å². The predicted octanol–water partition coefficient (Wildman–Crippen LogP) is 0.763. The van der Waals surface area contributed by atoms with E-state index in [9.17, 15) is 4.39 Å². The second kappa shape index (κ2) is 3.91. The van der Waals surface area contributed by atoms with Gasteiger partial charge in [0.05, 0.1) is 5.02 Å². The molecular weight excluding hydrogens is 296 g/mol. The third-order valence-electron chi connectivity index (χ3n) is 1.34. The molecule has 2 nitrogen and oxygen atoms in total. The summed E-state index contributed by atoms with van der Waals surface area (Å²) in [6.45, 7) is 0. The Bertz CT molecular complexity index is 308. The van der Waals surface area contributed by atoms with E-state index in [1.54, 1.807) is 0 Å². The van der Waals surface area contributed by atoms with E-state index in [1.807, 2.05) is 22.6 Å². The molecule has 0 atom stereocenters. The Labute approximate surface area is 87.6 Å². The molecule has 12 heavy (non-hydrogen) atoms. The quantitative estimate of drug-likeness (QED) is 0.457. The highest BCUT2D eigenvalue weighted by Crippen LogP contribution is 2.19. The maximum Gasteiger partial charge on any atom is 0.491 e. The zero-order valence-corrected chi connectivity index (χ0v) is 8.67. The van der Waals surface area contributed by atoms with Gasteiger partial charge in [-0.25, -0.2) is 4.39 Å². The van der Waals surface area contributed by atoms with Crippen LogP contribution in [0.15, 0.2) is 12.1 Å². The highest BCUT2D eigenvalue weighted by molar-refractivity contribution is 14.1. The van der Waals surface area contributed by atoms with Gasteiger partial charge in [0.25, 0.3) is 0 Å². The highest BCUT2D eigenvalue weighted by Gasteiger charge is 2.19. The van der Waals surface area contributed by atoms with Gasteiger partial charge in [0.2, 0.25) is 0 Å². The number of rotatable bonds is 1. The molecule has 0 bridgehead atoms. The van der Waals surface area contributed by atoms with Gasteiger partial charge in [0.1, 0.15) is 5.82 Å². The molecular formula is C6H4BClFIO2. The van der Waals surface area contributed by atoms with Crippen molar-refractivity contribution in [2.75, 3.05) is 0 Å². The summed E-state index contributed by atoms with van der Waals surface area (Å²) in [5.74, 6) is -0.779. The van der Waals surface area contributed by atoms with Crippen molar-refractivity contribution in [1.82, 2.24) is 0 Å². The first kappa shape index (κ1) is 10.2. The fraction of sp³-hybridized carbons (Fsp3) is 0. The molecule has 0 aliphatic carbocycles. The number of hydrogen-bond acceptors (Lipinski definition) is 2. The summed E-state index contributed by atoms with van der Waals surface area (Å²) in [6, 6.07) is 2.80. The summed E-state index contributed by atoms with van der Waals surface area (Å²) < 4.78 is 13.6. The summed E-state index contributed by atoms with van der Waals surface area (Å²) in [5.41, 5.74) is -0.208. The molecule has 6 heteroatoms. The van der Waals surface area contributed by atoms with Crippen LogP contribution in [0.5, 0.6) is 0 Å². The van der Waals surface area contributed by atoms with Gasteiger partial charge in [-0.2, -0.15) is 0 Å². The molecule has 0 heterocycles. The molecule has 2 N–H and O–H groups in total. The number of hydrogen-bond donors (Lipinski definition) is 2. The lowest BCUT2D eigenvalue weighted by Gasteiger charge is -2.03. The molecule has 0 radical (unpaired) electrons. The molecule has 1 aromatic rings. The van der Waals surface area contributed by atoms with E-state index in [-0.39, 0.29) is 10.5 Å². The van der Waals surface area contributed by atoms with E-state index in [1.165, 1.54) is 12.1 Å². The van der Waals surface area contributed by atoms with Gasteiger partial charge >= 0.3 is 7.12 Å². The van der Waals surface area contributed by atoms with Crippen LogP contribution in [-0.4, -0.2) is 17.2 Å². The summed E-state index contributed by atoms with van der Waals surface area (Å²) in [6.07, 6.45) is 0. The Morgan fingerprint density at radius 3 is 2.50 bits per heavy atom. The summed E-state index contributed by atoms with van der Waals surface area (Å²) in [7, 11) is -1.82. The van der Waals surface area contributed by atoms with Crippen LogP contribution in [0.3, 0.4) is 0 Å². The van der Waals surface area contributed by atoms with Gasteiger partial charge in [-0.1, -0.05) is 17.7 Å². The lowest BCUT2D eigenvalue weighted by Crippen LogP contribution is -2.33. The zero-order valence-electron chi connectivity index (χ0n) is 5.76. The van der Waals surface area contributed by atoms with Gasteiger partial charge in [-0.15, -0.1) is 0 Å². The summed E-state index contributed by atoms with van der Waals surface area (Å²) in [5, 5.41) is 17.3. The largest absolute Gasteiger partial charge is 0.491 e. The molecule has 0 spiro atoms. The normalized spacial score (nSPS) is 10.1. The fourth-order valence-electron chi connectivity index (χ4n) is 0.740. The first-order chi connectivity index (χ1) is 5.54. The first-order valence-electron chi connectivity index (χ1n) is 3.03. The summed E-state index contributed by atoms with van der Waals surface area (Å²) in [4.78, 5) is 0. The Kier molecular flexibility index (Phi) is 3.33. The molecule has 0 aliphatic heterocycles. The van der Waals surface area contributed by atoms with Gasteiger partial charge in [-0.05, 0) is 28.7 Å². The van der Waals surface area contributed by atoms with E-state index in [0.717, 1.165) is 0 Å². The smallest absolute Gasteiger partial charge is 0.423 e. The molecule has 0 fully saturated rings. The zero-order chi connectivity index (χ0) is 9.30. The highest BCUT2D eigenvalue weighted by atomic mass is 127. The van der Waals surface area contributed by atoms with Crippen molar-refractivity contribution in [3.05, 3.63) is 26.5 Å². The Balaban J connectivity index is 3.27. The van der Waals surface area contributed by atoms with Crippen molar-refractivity contribution in [3.63, 3.8) is 0 Å². The van der Waals surface area contributed by atoms with Crippen molar-refractivity contribution in [2.24, 2.45) is 0 Å². The van der Waals surface area contributed by atoms with Crippen molar-refractivity contribution in [2.45, 2.75) is 0 Å². The van der Waals surface area contributed by atoms with Crippen molar-refractivity contribution in [1.29, 1.82) is 0 Å². The molecule has 0 saturated heterocycles. The second-order valence-corrected chi connectivity index (χ2v) is 3.68. The van der Waals surface area contributed by atoms with E-state index < -0.39 is 12.9 Å². The van der Waals surface area contributed by atoms with Crippen LogP contribution < -0.4 is 5.46 Å². The first-order valence-corrected chi connectivity index (χ1v) is 4.49. The average Bonchev–Trinajstić information content (AvgIpc) is 2.00. The third-order valence-corrected chi connectivity index (χ3v) is 2.93. The second-order valence-electron chi connectivity index (χ2n) is 2.14.